The maximum Gasteiger partial charge on any atom is 0.146 e. The van der Waals surface area contributed by atoms with E-state index in [0.29, 0.717) is 12.1 Å². The molecule has 0 aliphatic heterocycles. The van der Waals surface area contributed by atoms with Crippen molar-refractivity contribution in [2.45, 2.75) is 33.1 Å². The van der Waals surface area contributed by atoms with E-state index in [9.17, 15) is 5.26 Å². The second kappa shape index (κ2) is 5.71. The van der Waals surface area contributed by atoms with Crippen LogP contribution in [0.5, 0.6) is 0 Å². The van der Waals surface area contributed by atoms with Crippen molar-refractivity contribution in [3.8, 4) is 12.1 Å². The van der Waals surface area contributed by atoms with Crippen LogP contribution in [-0.4, -0.2) is 18.1 Å². The lowest BCUT2D eigenvalue weighted by Gasteiger charge is -2.24. The molecule has 1 aromatic heterocycles. The van der Waals surface area contributed by atoms with Crippen LogP contribution in [-0.2, 0) is 12.8 Å². The molecule has 1 aromatic rings. The quantitative estimate of drug-likeness (QED) is 0.827. The van der Waals surface area contributed by atoms with Gasteiger partial charge in [-0.15, -0.1) is 0 Å². The number of hydrogen-bond donors (Lipinski definition) is 0. The van der Waals surface area contributed by atoms with Crippen molar-refractivity contribution in [3.05, 3.63) is 22.9 Å². The molecule has 0 amide bonds. The summed E-state index contributed by atoms with van der Waals surface area (Å²) in [4.78, 5) is 6.71. The molecule has 4 nitrogen and oxygen atoms in total. The molecule has 0 radical (unpaired) electrons. The van der Waals surface area contributed by atoms with Crippen molar-refractivity contribution in [2.75, 3.05) is 18.0 Å². The van der Waals surface area contributed by atoms with Gasteiger partial charge in [-0.2, -0.15) is 10.5 Å². The summed E-state index contributed by atoms with van der Waals surface area (Å²) in [7, 11) is 0. The summed E-state index contributed by atoms with van der Waals surface area (Å²) in [6.45, 7) is 5.29. The van der Waals surface area contributed by atoms with Crippen LogP contribution < -0.4 is 4.90 Å². The summed E-state index contributed by atoms with van der Waals surface area (Å²) in [5.74, 6) is 0.675. The van der Waals surface area contributed by atoms with Gasteiger partial charge in [-0.1, -0.05) is 0 Å². The van der Waals surface area contributed by atoms with Gasteiger partial charge in [-0.05, 0) is 44.7 Å². The maximum absolute atomic E-state index is 9.30. The van der Waals surface area contributed by atoms with Gasteiger partial charge in [0.15, 0.2) is 0 Å². The van der Waals surface area contributed by atoms with E-state index in [1.807, 2.05) is 24.8 Å². The maximum atomic E-state index is 9.30. The van der Waals surface area contributed by atoms with Crippen molar-refractivity contribution in [1.29, 1.82) is 10.5 Å². The Balaban J connectivity index is 2.37. The predicted molar refractivity (Wildman–Crippen MR) is 73.6 cm³/mol. The predicted octanol–water partition coefficient (Wildman–Crippen LogP) is 2.43. The third kappa shape index (κ3) is 2.69. The zero-order valence-electron chi connectivity index (χ0n) is 11.5. The van der Waals surface area contributed by atoms with Crippen LogP contribution in [0.3, 0.4) is 0 Å². The standard InChI is InChI=1S/C15H18N4/c1-3-19(10-11(2)8-16)15-13(9-17)7-12-5-4-6-14(12)18-15/h7,11H,3-6,10H2,1-2H3. The number of nitriles is 2. The van der Waals surface area contributed by atoms with E-state index in [1.54, 1.807) is 0 Å². The molecule has 0 aromatic carbocycles. The van der Waals surface area contributed by atoms with Crippen molar-refractivity contribution in [3.63, 3.8) is 0 Å². The first-order valence-corrected chi connectivity index (χ1v) is 6.77. The van der Waals surface area contributed by atoms with Gasteiger partial charge in [-0.3, -0.25) is 0 Å². The first-order chi connectivity index (χ1) is 9.19. The van der Waals surface area contributed by atoms with E-state index in [1.165, 1.54) is 5.56 Å². The van der Waals surface area contributed by atoms with Crippen molar-refractivity contribution in [2.24, 2.45) is 5.92 Å². The van der Waals surface area contributed by atoms with Crippen molar-refractivity contribution >= 4 is 5.82 Å². The number of rotatable bonds is 4. The van der Waals surface area contributed by atoms with Crippen LogP contribution in [0.2, 0.25) is 0 Å². The Kier molecular flexibility index (Phi) is 4.02. The lowest BCUT2D eigenvalue weighted by molar-refractivity contribution is 0.677. The van der Waals surface area contributed by atoms with E-state index in [4.69, 9.17) is 5.26 Å². The van der Waals surface area contributed by atoms with Crippen LogP contribution in [0.25, 0.3) is 0 Å². The molecule has 0 fully saturated rings. The molecule has 1 heterocycles. The molecule has 1 aliphatic rings. The molecular weight excluding hydrogens is 236 g/mol. The summed E-state index contributed by atoms with van der Waals surface area (Å²) in [5, 5.41) is 18.2. The van der Waals surface area contributed by atoms with Crippen molar-refractivity contribution < 1.29 is 0 Å². The van der Waals surface area contributed by atoms with Gasteiger partial charge in [0.2, 0.25) is 0 Å². The zero-order valence-corrected chi connectivity index (χ0v) is 11.5. The number of pyridine rings is 1. The fraction of sp³-hybridized carbons (Fsp3) is 0.533. The molecule has 0 bridgehead atoms. The second-order valence-corrected chi connectivity index (χ2v) is 5.00. The summed E-state index contributed by atoms with van der Waals surface area (Å²) < 4.78 is 0. The number of anilines is 1. The van der Waals surface area contributed by atoms with Crippen LogP contribution in [0.15, 0.2) is 6.07 Å². The van der Waals surface area contributed by atoms with Crippen LogP contribution in [0.4, 0.5) is 5.82 Å². The normalized spacial score (nSPS) is 14.3. The van der Waals surface area contributed by atoms with E-state index >= 15 is 0 Å². The van der Waals surface area contributed by atoms with E-state index in [2.05, 4.69) is 17.1 Å². The largest absolute Gasteiger partial charge is 0.354 e. The molecule has 0 N–H and O–H groups in total. The fourth-order valence-electron chi connectivity index (χ4n) is 2.52. The first kappa shape index (κ1) is 13.4. The number of aromatic nitrogens is 1. The molecule has 0 spiro atoms. The average molecular weight is 254 g/mol. The van der Waals surface area contributed by atoms with Gasteiger partial charge in [0, 0.05) is 18.8 Å². The minimum absolute atomic E-state index is 0.0680. The van der Waals surface area contributed by atoms with E-state index < -0.39 is 0 Å². The summed E-state index contributed by atoms with van der Waals surface area (Å²) in [5.41, 5.74) is 2.97. The Labute approximate surface area is 114 Å². The Morgan fingerprint density at radius 1 is 1.42 bits per heavy atom. The highest BCUT2D eigenvalue weighted by Gasteiger charge is 2.20. The number of aryl methyl sites for hydroxylation is 2. The monoisotopic (exact) mass is 254 g/mol. The SMILES string of the molecule is CCN(CC(C)C#N)c1nc2c(cc1C#N)CCC2. The second-order valence-electron chi connectivity index (χ2n) is 5.00. The van der Waals surface area contributed by atoms with Crippen LogP contribution in [0, 0.1) is 28.6 Å². The van der Waals surface area contributed by atoms with E-state index in [0.717, 1.165) is 37.3 Å². The smallest absolute Gasteiger partial charge is 0.146 e. The zero-order chi connectivity index (χ0) is 13.8. The van der Waals surface area contributed by atoms with Gasteiger partial charge < -0.3 is 4.90 Å². The lowest BCUT2D eigenvalue weighted by Crippen LogP contribution is -2.29. The molecule has 0 saturated carbocycles. The summed E-state index contributed by atoms with van der Waals surface area (Å²) >= 11 is 0. The molecule has 1 unspecified atom stereocenters. The minimum Gasteiger partial charge on any atom is -0.354 e. The highest BCUT2D eigenvalue weighted by molar-refractivity contribution is 5.56. The topological polar surface area (TPSA) is 63.7 Å². The van der Waals surface area contributed by atoms with Gasteiger partial charge in [0.25, 0.3) is 0 Å². The van der Waals surface area contributed by atoms with Crippen LogP contribution >= 0.6 is 0 Å². The Morgan fingerprint density at radius 2 is 2.21 bits per heavy atom. The highest BCUT2D eigenvalue weighted by Crippen LogP contribution is 2.27. The Bertz CT molecular complexity index is 550. The van der Waals surface area contributed by atoms with Gasteiger partial charge in [0.05, 0.1) is 17.6 Å². The van der Waals surface area contributed by atoms with E-state index in [-0.39, 0.29) is 5.92 Å². The Hall–Kier alpha value is -2.07. The highest BCUT2D eigenvalue weighted by atomic mass is 15.2. The lowest BCUT2D eigenvalue weighted by atomic mass is 10.1. The van der Waals surface area contributed by atoms with Crippen molar-refractivity contribution in [1.82, 2.24) is 4.98 Å². The number of nitrogens with zero attached hydrogens (tertiary/aromatic N) is 4. The molecule has 0 saturated heterocycles. The molecular formula is C15H18N4. The third-order valence-corrected chi connectivity index (χ3v) is 3.55. The summed E-state index contributed by atoms with van der Waals surface area (Å²) in [6.07, 6.45) is 3.15. The minimum atomic E-state index is -0.0680. The molecule has 19 heavy (non-hydrogen) atoms. The third-order valence-electron chi connectivity index (χ3n) is 3.55. The fourth-order valence-corrected chi connectivity index (χ4v) is 2.52. The number of hydrogen-bond acceptors (Lipinski definition) is 4. The Morgan fingerprint density at radius 3 is 2.84 bits per heavy atom. The molecule has 1 aliphatic carbocycles. The molecule has 1 atom stereocenters. The number of fused-ring (bicyclic) bond motifs is 1. The average Bonchev–Trinajstić information content (AvgIpc) is 2.90. The summed E-state index contributed by atoms with van der Waals surface area (Å²) in [6, 6.07) is 6.46. The van der Waals surface area contributed by atoms with Gasteiger partial charge in [0.1, 0.15) is 11.9 Å². The molecule has 4 heteroatoms. The van der Waals surface area contributed by atoms with Gasteiger partial charge >= 0.3 is 0 Å². The van der Waals surface area contributed by atoms with Crippen LogP contribution in [0.1, 0.15) is 37.1 Å². The molecule has 2 rings (SSSR count). The first-order valence-electron chi connectivity index (χ1n) is 6.77. The molecule has 98 valence electrons. The van der Waals surface area contributed by atoms with Gasteiger partial charge in [-0.25, -0.2) is 4.98 Å².